The monoisotopic (exact) mass is 457 g/mol. The number of nitrogens with one attached hydrogen (secondary N) is 3. The number of halogens is 3. The fourth-order valence-corrected chi connectivity index (χ4v) is 3.22. The Morgan fingerprint density at radius 2 is 1.94 bits per heavy atom. The lowest BCUT2D eigenvalue weighted by Crippen LogP contribution is -2.56. The van der Waals surface area contributed by atoms with Gasteiger partial charge in [-0.25, -0.2) is 4.79 Å². The van der Waals surface area contributed by atoms with Gasteiger partial charge < -0.3 is 31.3 Å². The predicted molar refractivity (Wildman–Crippen MR) is 106 cm³/mol. The molecule has 0 unspecified atom stereocenters. The summed E-state index contributed by atoms with van der Waals surface area (Å²) in [5.41, 5.74) is 3.25. The molecule has 2 fully saturated rings. The Bertz CT molecular complexity index is 919. The maximum atomic E-state index is 13.7. The van der Waals surface area contributed by atoms with Gasteiger partial charge in [0.25, 0.3) is 11.8 Å². The van der Waals surface area contributed by atoms with Crippen molar-refractivity contribution in [2.45, 2.75) is 37.5 Å². The molecule has 0 radical (unpaired) electrons. The van der Waals surface area contributed by atoms with E-state index in [9.17, 15) is 32.3 Å². The number of amides is 5. The Hall–Kier alpha value is -3.35. The molecule has 13 heteroatoms. The molecule has 0 bridgehead atoms. The van der Waals surface area contributed by atoms with Crippen LogP contribution in [-0.4, -0.2) is 55.6 Å². The van der Waals surface area contributed by atoms with Crippen molar-refractivity contribution in [2.24, 2.45) is 5.73 Å². The van der Waals surface area contributed by atoms with E-state index in [1.807, 2.05) is 5.32 Å². The summed E-state index contributed by atoms with van der Waals surface area (Å²) in [5, 5.41) is 6.61. The number of benzene rings is 1. The first-order valence-electron chi connectivity index (χ1n) is 9.83. The Morgan fingerprint density at radius 3 is 2.50 bits per heavy atom. The quantitative estimate of drug-likeness (QED) is 0.466. The van der Waals surface area contributed by atoms with Gasteiger partial charge in [-0.1, -0.05) is 0 Å². The van der Waals surface area contributed by atoms with E-state index < -0.39 is 47.2 Å². The maximum absolute atomic E-state index is 13.7. The Balaban J connectivity index is 1.78. The van der Waals surface area contributed by atoms with Crippen LogP contribution in [0.1, 0.15) is 24.8 Å². The van der Waals surface area contributed by atoms with Gasteiger partial charge in [-0.3, -0.25) is 14.4 Å². The highest BCUT2D eigenvalue weighted by atomic mass is 19.4. The lowest BCUT2D eigenvalue weighted by molar-refractivity contribution is -0.137. The van der Waals surface area contributed by atoms with E-state index in [1.54, 1.807) is 0 Å². The highest BCUT2D eigenvalue weighted by Gasteiger charge is 2.37. The van der Waals surface area contributed by atoms with E-state index in [4.69, 9.17) is 10.5 Å². The lowest BCUT2D eigenvalue weighted by atomic mass is 9.93. The molecule has 10 nitrogen and oxygen atoms in total. The number of morpholine rings is 1. The molecule has 1 aliphatic carbocycles. The molecule has 1 aliphatic heterocycles. The van der Waals surface area contributed by atoms with Crippen molar-refractivity contribution in [3.8, 4) is 0 Å². The molecule has 0 aromatic heterocycles. The first-order valence-corrected chi connectivity index (χ1v) is 9.83. The van der Waals surface area contributed by atoms with E-state index >= 15 is 0 Å². The second-order valence-corrected chi connectivity index (χ2v) is 7.40. The number of urea groups is 1. The number of hydrogen-bond acceptors (Lipinski definition) is 5. The average molecular weight is 457 g/mol. The van der Waals surface area contributed by atoms with E-state index in [0.717, 1.165) is 36.3 Å². The molecule has 1 heterocycles. The van der Waals surface area contributed by atoms with Crippen molar-refractivity contribution in [2.75, 3.05) is 30.0 Å². The third-order valence-electron chi connectivity index (χ3n) is 5.13. The highest BCUT2D eigenvalue weighted by Crippen LogP contribution is 2.37. The molecule has 1 saturated heterocycles. The number of carbonyl (C=O) groups excluding carboxylic acids is 4. The number of anilines is 2. The van der Waals surface area contributed by atoms with E-state index in [-0.39, 0.29) is 31.5 Å². The molecular formula is C19H22F3N5O5. The SMILES string of the molecule is NC(=O)[C@@H](NC(=O)NC1CCC1)C(=O)Nc1ccc(N2CCOCC2=O)cc1C(F)(F)F. The van der Waals surface area contributed by atoms with E-state index in [1.165, 1.54) is 6.07 Å². The Kier molecular flexibility index (Phi) is 6.87. The van der Waals surface area contributed by atoms with Gasteiger partial charge in [0.15, 0.2) is 6.04 Å². The first kappa shape index (κ1) is 23.3. The predicted octanol–water partition coefficient (Wildman–Crippen LogP) is 0.713. The molecular weight excluding hydrogens is 435 g/mol. The number of nitrogens with two attached hydrogens (primary N) is 1. The zero-order valence-corrected chi connectivity index (χ0v) is 16.8. The molecule has 2 aliphatic rings. The minimum atomic E-state index is -4.88. The van der Waals surface area contributed by atoms with Gasteiger partial charge in [0.2, 0.25) is 5.91 Å². The fraction of sp³-hybridized carbons (Fsp3) is 0.474. The molecule has 5 amide bonds. The number of hydrogen-bond donors (Lipinski definition) is 4. The van der Waals surface area contributed by atoms with Gasteiger partial charge in [-0.05, 0) is 37.5 Å². The number of ether oxygens (including phenoxy) is 1. The topological polar surface area (TPSA) is 143 Å². The number of carbonyl (C=O) groups is 4. The Labute approximate surface area is 180 Å². The van der Waals surface area contributed by atoms with Gasteiger partial charge in [-0.2, -0.15) is 13.2 Å². The summed E-state index contributed by atoms with van der Waals surface area (Å²) in [5.74, 6) is -2.98. The maximum Gasteiger partial charge on any atom is 0.418 e. The number of rotatable bonds is 6. The van der Waals surface area contributed by atoms with Gasteiger partial charge in [0, 0.05) is 18.3 Å². The van der Waals surface area contributed by atoms with E-state index in [2.05, 4.69) is 10.6 Å². The molecule has 174 valence electrons. The third kappa shape index (κ3) is 5.46. The van der Waals surface area contributed by atoms with Crippen LogP contribution in [0.5, 0.6) is 0 Å². The molecule has 0 spiro atoms. The smallest absolute Gasteiger partial charge is 0.370 e. The van der Waals surface area contributed by atoms with Crippen LogP contribution in [0.15, 0.2) is 18.2 Å². The third-order valence-corrected chi connectivity index (χ3v) is 5.13. The van der Waals surface area contributed by atoms with Gasteiger partial charge >= 0.3 is 12.2 Å². The summed E-state index contributed by atoms with van der Waals surface area (Å²) in [6.45, 7) is -0.0131. The summed E-state index contributed by atoms with van der Waals surface area (Å²) in [6, 6.07) is 0.0888. The van der Waals surface area contributed by atoms with Crippen LogP contribution in [0.2, 0.25) is 0 Å². The lowest BCUT2D eigenvalue weighted by Gasteiger charge is -2.28. The van der Waals surface area contributed by atoms with E-state index in [0.29, 0.717) is 0 Å². The van der Waals surface area contributed by atoms with Crippen molar-refractivity contribution in [1.29, 1.82) is 0 Å². The summed E-state index contributed by atoms with van der Waals surface area (Å²) in [4.78, 5) is 49.2. The van der Waals surface area contributed by atoms with Crippen LogP contribution in [0, 0.1) is 0 Å². The largest absolute Gasteiger partial charge is 0.418 e. The second kappa shape index (κ2) is 9.42. The van der Waals surface area contributed by atoms with Gasteiger partial charge in [-0.15, -0.1) is 0 Å². The van der Waals surface area contributed by atoms with Crippen molar-refractivity contribution in [1.82, 2.24) is 10.6 Å². The fourth-order valence-electron chi connectivity index (χ4n) is 3.22. The molecule has 3 rings (SSSR count). The Morgan fingerprint density at radius 1 is 1.22 bits per heavy atom. The molecule has 1 aromatic rings. The van der Waals surface area contributed by atoms with Crippen molar-refractivity contribution >= 4 is 35.1 Å². The first-order chi connectivity index (χ1) is 15.1. The standard InChI is InChI=1S/C19H22F3N5O5/c20-19(21,22)12-8-11(27-6-7-32-9-14(27)28)4-5-13(12)25-17(30)15(16(23)29)26-18(31)24-10-2-1-3-10/h4-5,8,10,15H,1-3,6-7,9H2,(H2,23,29)(H,25,30)(H2,24,26,31)/t15-/m1/s1. The number of alkyl halides is 3. The zero-order chi connectivity index (χ0) is 23.5. The average Bonchev–Trinajstić information content (AvgIpc) is 2.68. The summed E-state index contributed by atoms with van der Waals surface area (Å²) in [6.07, 6.45) is -2.47. The van der Waals surface area contributed by atoms with Crippen molar-refractivity contribution in [3.05, 3.63) is 23.8 Å². The minimum absolute atomic E-state index is 0.0203. The number of nitrogens with zero attached hydrogens (tertiary/aromatic N) is 1. The summed E-state index contributed by atoms with van der Waals surface area (Å²) >= 11 is 0. The van der Waals surface area contributed by atoms with Crippen LogP contribution in [-0.2, 0) is 25.3 Å². The molecule has 5 N–H and O–H groups in total. The summed E-state index contributed by atoms with van der Waals surface area (Å²) < 4.78 is 45.9. The number of primary amides is 1. The minimum Gasteiger partial charge on any atom is -0.370 e. The van der Waals surface area contributed by atoms with Crippen LogP contribution in [0.3, 0.4) is 0 Å². The normalized spacial score (nSPS) is 17.8. The van der Waals surface area contributed by atoms with Crippen LogP contribution < -0.4 is 26.6 Å². The molecule has 1 saturated carbocycles. The van der Waals surface area contributed by atoms with Crippen molar-refractivity contribution < 1.29 is 37.1 Å². The molecule has 32 heavy (non-hydrogen) atoms. The van der Waals surface area contributed by atoms with Crippen molar-refractivity contribution in [3.63, 3.8) is 0 Å². The van der Waals surface area contributed by atoms with Crippen LogP contribution >= 0.6 is 0 Å². The second-order valence-electron chi connectivity index (χ2n) is 7.40. The van der Waals surface area contributed by atoms with Gasteiger partial charge in [0.1, 0.15) is 6.61 Å². The van der Waals surface area contributed by atoms with Gasteiger partial charge in [0.05, 0.1) is 17.9 Å². The van der Waals surface area contributed by atoms with Crippen LogP contribution in [0.4, 0.5) is 29.3 Å². The van der Waals surface area contributed by atoms with Crippen LogP contribution in [0.25, 0.3) is 0 Å². The highest BCUT2D eigenvalue weighted by molar-refractivity contribution is 6.11. The summed E-state index contributed by atoms with van der Waals surface area (Å²) in [7, 11) is 0. The zero-order valence-electron chi connectivity index (χ0n) is 16.8. The molecule has 1 aromatic carbocycles. The molecule has 1 atom stereocenters.